The van der Waals surface area contributed by atoms with Crippen molar-refractivity contribution >= 4 is 39.0 Å². The molecule has 5 rings (SSSR count). The third-order valence-electron chi connectivity index (χ3n) is 7.80. The van der Waals surface area contributed by atoms with E-state index in [0.29, 0.717) is 50.0 Å². The second-order valence-electron chi connectivity index (χ2n) is 11.4. The van der Waals surface area contributed by atoms with Crippen LogP contribution in [0.4, 0.5) is 13.2 Å². The van der Waals surface area contributed by atoms with E-state index >= 15 is 0 Å². The number of esters is 1. The Hall–Kier alpha value is -3.10. The molecule has 1 saturated heterocycles. The molecule has 3 aromatic rings. The van der Waals surface area contributed by atoms with Crippen molar-refractivity contribution in [3.8, 4) is 11.5 Å². The Kier molecular flexibility index (Phi) is 11.9. The van der Waals surface area contributed by atoms with E-state index in [2.05, 4.69) is 9.72 Å². The van der Waals surface area contributed by atoms with Crippen molar-refractivity contribution in [2.45, 2.75) is 37.7 Å². The van der Waals surface area contributed by atoms with Gasteiger partial charge < -0.3 is 18.9 Å². The van der Waals surface area contributed by atoms with Crippen molar-refractivity contribution in [3.05, 3.63) is 86.9 Å². The summed E-state index contributed by atoms with van der Waals surface area (Å²) in [4.78, 5) is 19.4. The predicted octanol–water partition coefficient (Wildman–Crippen LogP) is 6.31. The van der Waals surface area contributed by atoms with E-state index in [1.807, 2.05) is 4.90 Å². The third kappa shape index (κ3) is 10.2. The fourth-order valence-electron chi connectivity index (χ4n) is 4.98. The first-order chi connectivity index (χ1) is 22.5. The second-order valence-corrected chi connectivity index (χ2v) is 14.4. The average molecular weight is 718 g/mol. The number of ether oxygens (including phenoxy) is 4. The summed E-state index contributed by atoms with van der Waals surface area (Å²) < 4.78 is 88.5. The van der Waals surface area contributed by atoms with Crippen molar-refractivity contribution in [1.82, 2.24) is 9.88 Å². The molecule has 2 aromatic carbocycles. The lowest BCUT2D eigenvalue weighted by molar-refractivity contribution is -0.0515. The number of sulfone groups is 1. The molecular formula is C32H33Cl2F3N2O7S. The first-order valence-electron chi connectivity index (χ1n) is 15.0. The van der Waals surface area contributed by atoms with Gasteiger partial charge in [0.2, 0.25) is 0 Å². The molecule has 2 heterocycles. The van der Waals surface area contributed by atoms with E-state index in [9.17, 15) is 26.4 Å². The lowest BCUT2D eigenvalue weighted by Gasteiger charge is -2.26. The largest absolute Gasteiger partial charge is 0.489 e. The monoisotopic (exact) mass is 716 g/mol. The zero-order valence-electron chi connectivity index (χ0n) is 25.2. The number of alkyl halides is 2. The molecular weight excluding hydrogens is 684 g/mol. The molecule has 15 heteroatoms. The number of hydrogen-bond donors (Lipinski definition) is 0. The molecule has 0 bridgehead atoms. The topological polar surface area (TPSA) is 104 Å². The van der Waals surface area contributed by atoms with Gasteiger partial charge in [-0.25, -0.2) is 17.6 Å². The zero-order chi connectivity index (χ0) is 33.6. The summed E-state index contributed by atoms with van der Waals surface area (Å²) in [5.74, 6) is -2.32. The molecule has 254 valence electrons. The highest BCUT2D eigenvalue weighted by Gasteiger charge is 2.27. The van der Waals surface area contributed by atoms with Gasteiger partial charge in [-0.3, -0.25) is 9.88 Å². The summed E-state index contributed by atoms with van der Waals surface area (Å²) >= 11 is 12.7. The maximum absolute atomic E-state index is 14.8. The minimum absolute atomic E-state index is 0.0361. The van der Waals surface area contributed by atoms with Crippen LogP contribution in [0.1, 0.15) is 46.0 Å². The van der Waals surface area contributed by atoms with E-state index < -0.39 is 40.1 Å². The van der Waals surface area contributed by atoms with Crippen LogP contribution in [0.15, 0.2) is 48.8 Å². The number of halogens is 5. The molecule has 1 saturated carbocycles. The van der Waals surface area contributed by atoms with Crippen molar-refractivity contribution in [3.63, 3.8) is 0 Å². The van der Waals surface area contributed by atoms with Crippen molar-refractivity contribution in [2.75, 3.05) is 45.2 Å². The van der Waals surface area contributed by atoms with Gasteiger partial charge in [0.1, 0.15) is 11.9 Å². The van der Waals surface area contributed by atoms with Crippen LogP contribution in [0.2, 0.25) is 10.0 Å². The number of aromatic nitrogens is 1. The van der Waals surface area contributed by atoms with E-state index in [4.69, 9.17) is 37.4 Å². The van der Waals surface area contributed by atoms with Crippen LogP contribution in [-0.2, 0) is 31.5 Å². The van der Waals surface area contributed by atoms with Gasteiger partial charge in [-0.15, -0.1) is 0 Å². The molecule has 0 amide bonds. The molecule has 0 spiro atoms. The molecule has 1 aliphatic heterocycles. The second kappa shape index (κ2) is 15.9. The van der Waals surface area contributed by atoms with Gasteiger partial charge in [-0.1, -0.05) is 29.3 Å². The molecule has 47 heavy (non-hydrogen) atoms. The third-order valence-corrected chi connectivity index (χ3v) is 10.0. The van der Waals surface area contributed by atoms with Gasteiger partial charge >= 0.3 is 12.6 Å². The lowest BCUT2D eigenvalue weighted by atomic mass is 10.0. The SMILES string of the molecule is O=C(O[C@@H](Cc1c(Cl)cncc1Cl)c1ccc(OC(F)F)c(OCC2CC2)c1)c1ccc(F)c(CS(=O)(=O)CCN2CCOCC2)c1. The van der Waals surface area contributed by atoms with Gasteiger partial charge in [0.15, 0.2) is 21.3 Å². The molecule has 2 aliphatic rings. The Balaban J connectivity index is 1.39. The van der Waals surface area contributed by atoms with Gasteiger partial charge in [-0.05, 0) is 60.2 Å². The standard InChI is InChI=1S/C32H33Cl2F3N2O7S/c33-25-16-38-17-26(34)24(25)15-29(21-4-6-28(46-32(36)37)30(14-21)44-18-20-1-2-20)45-31(40)22-3-5-27(35)23(13-22)19-47(41,42)12-9-39-7-10-43-11-8-39/h3-6,13-14,16-17,20,29,32H,1-2,7-12,15,18-19H2/t29-/m0/s1. The number of carbonyl (C=O) groups is 1. The molecule has 0 unspecified atom stereocenters. The van der Waals surface area contributed by atoms with Crippen molar-refractivity contribution in [2.24, 2.45) is 5.92 Å². The van der Waals surface area contributed by atoms with E-state index in [1.165, 1.54) is 36.7 Å². The molecule has 1 aliphatic carbocycles. The van der Waals surface area contributed by atoms with Gasteiger partial charge in [0, 0.05) is 44.0 Å². The van der Waals surface area contributed by atoms with Crippen LogP contribution >= 0.6 is 23.2 Å². The quantitative estimate of drug-likeness (QED) is 0.168. The number of morpholine rings is 1. The highest BCUT2D eigenvalue weighted by molar-refractivity contribution is 7.90. The molecule has 0 N–H and O–H groups in total. The van der Waals surface area contributed by atoms with Crippen LogP contribution in [0.25, 0.3) is 0 Å². The molecule has 1 atom stereocenters. The normalized spacial score (nSPS) is 16.2. The van der Waals surface area contributed by atoms with Gasteiger partial charge in [0.05, 0.1) is 46.9 Å². The van der Waals surface area contributed by atoms with E-state index in [-0.39, 0.29) is 51.4 Å². The fourth-order valence-corrected chi connectivity index (χ4v) is 6.88. The summed E-state index contributed by atoms with van der Waals surface area (Å²) in [5.41, 5.74) is 0.482. The lowest BCUT2D eigenvalue weighted by Crippen LogP contribution is -2.39. The number of pyridine rings is 1. The Bertz CT molecular complexity index is 1650. The number of carbonyl (C=O) groups excluding carboxylic acids is 1. The van der Waals surface area contributed by atoms with Crippen LogP contribution in [0, 0.1) is 11.7 Å². The number of hydrogen-bond acceptors (Lipinski definition) is 9. The maximum atomic E-state index is 14.8. The van der Waals surface area contributed by atoms with Gasteiger partial charge in [0.25, 0.3) is 0 Å². The van der Waals surface area contributed by atoms with Crippen LogP contribution in [0.3, 0.4) is 0 Å². The van der Waals surface area contributed by atoms with Crippen molar-refractivity contribution in [1.29, 1.82) is 0 Å². The van der Waals surface area contributed by atoms with Crippen LogP contribution in [0.5, 0.6) is 11.5 Å². The summed E-state index contributed by atoms with van der Waals surface area (Å²) in [6.45, 7) is -0.267. The number of nitrogens with zero attached hydrogens (tertiary/aromatic N) is 2. The first-order valence-corrected chi connectivity index (χ1v) is 17.5. The Morgan fingerprint density at radius 1 is 1.04 bits per heavy atom. The van der Waals surface area contributed by atoms with Crippen LogP contribution < -0.4 is 9.47 Å². The Morgan fingerprint density at radius 2 is 1.77 bits per heavy atom. The van der Waals surface area contributed by atoms with E-state index in [0.717, 1.165) is 25.0 Å². The highest BCUT2D eigenvalue weighted by Crippen LogP contribution is 2.38. The molecule has 0 radical (unpaired) electrons. The average Bonchev–Trinajstić information content (AvgIpc) is 3.87. The Morgan fingerprint density at radius 3 is 2.45 bits per heavy atom. The van der Waals surface area contributed by atoms with Crippen LogP contribution in [-0.4, -0.2) is 76.1 Å². The maximum Gasteiger partial charge on any atom is 0.387 e. The molecule has 2 fully saturated rings. The predicted molar refractivity (Wildman–Crippen MR) is 169 cm³/mol. The molecule has 9 nitrogen and oxygen atoms in total. The Labute approximate surface area is 280 Å². The minimum Gasteiger partial charge on any atom is -0.489 e. The highest BCUT2D eigenvalue weighted by atomic mass is 35.5. The smallest absolute Gasteiger partial charge is 0.387 e. The van der Waals surface area contributed by atoms with E-state index in [1.54, 1.807) is 0 Å². The molecule has 1 aromatic heterocycles. The summed E-state index contributed by atoms with van der Waals surface area (Å²) in [5, 5.41) is 0.403. The summed E-state index contributed by atoms with van der Waals surface area (Å²) in [7, 11) is -3.73. The zero-order valence-corrected chi connectivity index (χ0v) is 27.5. The summed E-state index contributed by atoms with van der Waals surface area (Å²) in [6, 6.07) is 7.53. The van der Waals surface area contributed by atoms with Crippen molar-refractivity contribution < 1.29 is 45.3 Å². The summed E-state index contributed by atoms with van der Waals surface area (Å²) in [6.07, 6.45) is 3.52. The minimum atomic E-state index is -3.73. The number of rotatable bonds is 15. The fraction of sp³-hybridized carbons (Fsp3) is 0.438. The van der Waals surface area contributed by atoms with Gasteiger partial charge in [-0.2, -0.15) is 8.78 Å². The first kappa shape index (κ1) is 35.2. The number of benzene rings is 2.